The van der Waals surface area contributed by atoms with Crippen LogP contribution in [-0.4, -0.2) is 39.8 Å². The van der Waals surface area contributed by atoms with E-state index in [9.17, 15) is 0 Å². The minimum atomic E-state index is 0.0632. The third-order valence-corrected chi connectivity index (χ3v) is 2.88. The summed E-state index contributed by atoms with van der Waals surface area (Å²) in [4.78, 5) is 2.13. The van der Waals surface area contributed by atoms with Gasteiger partial charge in [-0.05, 0) is 33.1 Å². The van der Waals surface area contributed by atoms with E-state index in [1.165, 1.54) is 0 Å². The molecular weight excluding hydrogens is 230 g/mol. The van der Waals surface area contributed by atoms with Crippen molar-refractivity contribution >= 4 is 0 Å². The second kappa shape index (κ2) is 7.20. The van der Waals surface area contributed by atoms with Gasteiger partial charge in [-0.3, -0.25) is 11.3 Å². The molecule has 0 radical (unpaired) electrons. The van der Waals surface area contributed by atoms with E-state index in [1.807, 2.05) is 32.3 Å². The molecule has 1 atom stereocenters. The second-order valence-electron chi connectivity index (χ2n) is 4.42. The normalized spacial score (nSPS) is 12.6. The SMILES string of the molecule is COc1ccc(C(CCN(C)C)NN)c(OC)c1. The van der Waals surface area contributed by atoms with Crippen molar-refractivity contribution in [2.24, 2.45) is 5.84 Å². The van der Waals surface area contributed by atoms with Crippen LogP contribution in [0, 0.1) is 0 Å². The number of methoxy groups -OCH3 is 2. The molecule has 0 fully saturated rings. The van der Waals surface area contributed by atoms with Gasteiger partial charge in [-0.15, -0.1) is 0 Å². The zero-order valence-corrected chi connectivity index (χ0v) is 11.6. The molecule has 0 aliphatic heterocycles. The molecule has 5 heteroatoms. The molecule has 5 nitrogen and oxygen atoms in total. The Bertz CT molecular complexity index is 369. The smallest absolute Gasteiger partial charge is 0.127 e. The fourth-order valence-electron chi connectivity index (χ4n) is 1.82. The van der Waals surface area contributed by atoms with Gasteiger partial charge in [0.1, 0.15) is 11.5 Å². The number of hydrogen-bond donors (Lipinski definition) is 2. The van der Waals surface area contributed by atoms with E-state index in [0.29, 0.717) is 0 Å². The van der Waals surface area contributed by atoms with Crippen LogP contribution in [0.25, 0.3) is 0 Å². The Morgan fingerprint density at radius 3 is 2.50 bits per heavy atom. The van der Waals surface area contributed by atoms with Crippen LogP contribution in [0.3, 0.4) is 0 Å². The predicted octanol–water partition coefficient (Wildman–Crippen LogP) is 1.16. The minimum absolute atomic E-state index is 0.0632. The molecular formula is C13H23N3O2. The van der Waals surface area contributed by atoms with E-state index >= 15 is 0 Å². The molecule has 1 aromatic rings. The summed E-state index contributed by atoms with van der Waals surface area (Å²) < 4.78 is 10.6. The first-order valence-electron chi connectivity index (χ1n) is 5.95. The molecule has 0 saturated heterocycles. The number of rotatable bonds is 7. The van der Waals surface area contributed by atoms with Gasteiger partial charge in [0, 0.05) is 11.6 Å². The number of hydrogen-bond acceptors (Lipinski definition) is 5. The molecule has 1 aromatic carbocycles. The van der Waals surface area contributed by atoms with Crippen LogP contribution in [0.2, 0.25) is 0 Å². The van der Waals surface area contributed by atoms with Gasteiger partial charge < -0.3 is 14.4 Å². The van der Waals surface area contributed by atoms with Crippen LogP contribution in [-0.2, 0) is 0 Å². The van der Waals surface area contributed by atoms with Crippen LogP contribution < -0.4 is 20.7 Å². The lowest BCUT2D eigenvalue weighted by molar-refractivity contribution is 0.350. The van der Waals surface area contributed by atoms with Gasteiger partial charge in [0.05, 0.1) is 20.3 Å². The van der Waals surface area contributed by atoms with E-state index in [2.05, 4.69) is 10.3 Å². The Morgan fingerprint density at radius 1 is 1.28 bits per heavy atom. The third-order valence-electron chi connectivity index (χ3n) is 2.88. The van der Waals surface area contributed by atoms with E-state index in [4.69, 9.17) is 15.3 Å². The standard InChI is InChI=1S/C13H23N3O2/c1-16(2)8-7-12(15-14)11-6-5-10(17-3)9-13(11)18-4/h5-6,9,12,15H,7-8,14H2,1-4H3. The zero-order chi connectivity index (χ0) is 13.5. The average Bonchev–Trinajstić information content (AvgIpc) is 2.39. The first-order chi connectivity index (χ1) is 8.62. The average molecular weight is 253 g/mol. The summed E-state index contributed by atoms with van der Waals surface area (Å²) in [5.74, 6) is 7.19. The van der Waals surface area contributed by atoms with Crippen LogP contribution in [0.1, 0.15) is 18.0 Å². The van der Waals surface area contributed by atoms with E-state index < -0.39 is 0 Å². The third kappa shape index (κ3) is 3.87. The fourth-order valence-corrected chi connectivity index (χ4v) is 1.82. The highest BCUT2D eigenvalue weighted by molar-refractivity contribution is 5.42. The highest BCUT2D eigenvalue weighted by atomic mass is 16.5. The van der Waals surface area contributed by atoms with Gasteiger partial charge in [0.15, 0.2) is 0 Å². The molecule has 18 heavy (non-hydrogen) atoms. The summed E-state index contributed by atoms with van der Waals surface area (Å²) in [5, 5.41) is 0. The maximum absolute atomic E-state index is 5.63. The molecule has 0 saturated carbocycles. The van der Waals surface area contributed by atoms with Crippen LogP contribution in [0.5, 0.6) is 11.5 Å². The molecule has 0 aliphatic rings. The van der Waals surface area contributed by atoms with Crippen LogP contribution in [0.15, 0.2) is 18.2 Å². The lowest BCUT2D eigenvalue weighted by atomic mass is 10.0. The fraction of sp³-hybridized carbons (Fsp3) is 0.538. The number of nitrogens with zero attached hydrogens (tertiary/aromatic N) is 1. The Kier molecular flexibility index (Phi) is 5.91. The number of benzene rings is 1. The van der Waals surface area contributed by atoms with Gasteiger partial charge in [-0.25, -0.2) is 0 Å². The summed E-state index contributed by atoms with van der Waals surface area (Å²) in [6, 6.07) is 5.83. The summed E-state index contributed by atoms with van der Waals surface area (Å²) in [6.07, 6.45) is 0.909. The van der Waals surface area contributed by atoms with Crippen molar-refractivity contribution in [1.29, 1.82) is 0 Å². The van der Waals surface area contributed by atoms with Crippen molar-refractivity contribution in [1.82, 2.24) is 10.3 Å². The zero-order valence-electron chi connectivity index (χ0n) is 11.6. The Hall–Kier alpha value is -1.30. The molecule has 1 rings (SSSR count). The summed E-state index contributed by atoms with van der Waals surface area (Å²) >= 11 is 0. The molecule has 0 spiro atoms. The van der Waals surface area contributed by atoms with Crippen molar-refractivity contribution < 1.29 is 9.47 Å². The quantitative estimate of drug-likeness (QED) is 0.564. The highest BCUT2D eigenvalue weighted by Crippen LogP contribution is 2.30. The molecule has 0 bridgehead atoms. The van der Waals surface area contributed by atoms with Gasteiger partial charge in [-0.1, -0.05) is 6.07 Å². The molecule has 3 N–H and O–H groups in total. The largest absolute Gasteiger partial charge is 0.497 e. The minimum Gasteiger partial charge on any atom is -0.497 e. The predicted molar refractivity (Wildman–Crippen MR) is 72.8 cm³/mol. The van der Waals surface area contributed by atoms with Crippen molar-refractivity contribution in [3.05, 3.63) is 23.8 Å². The molecule has 0 amide bonds. The monoisotopic (exact) mass is 253 g/mol. The van der Waals surface area contributed by atoms with Gasteiger partial charge in [0.2, 0.25) is 0 Å². The van der Waals surface area contributed by atoms with Gasteiger partial charge in [0.25, 0.3) is 0 Å². The van der Waals surface area contributed by atoms with Crippen LogP contribution in [0.4, 0.5) is 0 Å². The first kappa shape index (κ1) is 14.8. The number of hydrazine groups is 1. The van der Waals surface area contributed by atoms with Crippen LogP contribution >= 0.6 is 0 Å². The molecule has 102 valence electrons. The molecule has 0 aromatic heterocycles. The Balaban J connectivity index is 2.90. The maximum atomic E-state index is 5.63. The lowest BCUT2D eigenvalue weighted by Gasteiger charge is -2.21. The molecule has 0 aliphatic carbocycles. The summed E-state index contributed by atoms with van der Waals surface area (Å²) in [6.45, 7) is 0.948. The molecule has 0 heterocycles. The van der Waals surface area contributed by atoms with Gasteiger partial charge >= 0.3 is 0 Å². The van der Waals surface area contributed by atoms with Crippen molar-refractivity contribution in [2.45, 2.75) is 12.5 Å². The highest BCUT2D eigenvalue weighted by Gasteiger charge is 2.15. The Labute approximate surface area is 109 Å². The maximum Gasteiger partial charge on any atom is 0.127 e. The lowest BCUT2D eigenvalue weighted by Crippen LogP contribution is -2.31. The molecule has 1 unspecified atom stereocenters. The summed E-state index contributed by atoms with van der Waals surface area (Å²) in [7, 11) is 7.37. The summed E-state index contributed by atoms with van der Waals surface area (Å²) in [5.41, 5.74) is 3.88. The first-order valence-corrected chi connectivity index (χ1v) is 5.95. The van der Waals surface area contributed by atoms with Gasteiger partial charge in [-0.2, -0.15) is 0 Å². The second-order valence-corrected chi connectivity index (χ2v) is 4.42. The topological polar surface area (TPSA) is 59.8 Å². The Morgan fingerprint density at radius 2 is 2.00 bits per heavy atom. The van der Waals surface area contributed by atoms with E-state index in [1.54, 1.807) is 14.2 Å². The number of nitrogens with one attached hydrogen (secondary N) is 1. The van der Waals surface area contributed by atoms with Crippen molar-refractivity contribution in [3.63, 3.8) is 0 Å². The number of nitrogens with two attached hydrogens (primary N) is 1. The van der Waals surface area contributed by atoms with E-state index in [0.717, 1.165) is 30.0 Å². The van der Waals surface area contributed by atoms with Crippen molar-refractivity contribution in [2.75, 3.05) is 34.9 Å². The van der Waals surface area contributed by atoms with Crippen molar-refractivity contribution in [3.8, 4) is 11.5 Å². The number of ether oxygens (including phenoxy) is 2. The van der Waals surface area contributed by atoms with E-state index in [-0.39, 0.29) is 6.04 Å².